The molecule has 0 aliphatic heterocycles. The van der Waals surface area contributed by atoms with Gasteiger partial charge in [0, 0.05) is 0 Å². The topological polar surface area (TPSA) is 9.23 Å². The van der Waals surface area contributed by atoms with Gasteiger partial charge in [-0.1, -0.05) is 31.5 Å². The van der Waals surface area contributed by atoms with Crippen molar-refractivity contribution in [3.05, 3.63) is 34.7 Å². The molecule has 0 spiro atoms. The van der Waals surface area contributed by atoms with Crippen molar-refractivity contribution >= 4 is 11.6 Å². The third-order valence-electron chi connectivity index (χ3n) is 1.73. The summed E-state index contributed by atoms with van der Waals surface area (Å²) in [5, 5.41) is 0.663. The van der Waals surface area contributed by atoms with Gasteiger partial charge in [0.2, 0.25) is 0 Å². The Hall–Kier alpha value is -0.690. The molecule has 0 atom stereocenters. The van der Waals surface area contributed by atoms with Gasteiger partial charge in [0.05, 0.1) is 12.1 Å². The van der Waals surface area contributed by atoms with Crippen LogP contribution >= 0.6 is 11.6 Å². The molecule has 1 aromatic rings. The minimum Gasteiger partial charge on any atom is -0.495 e. The highest BCUT2D eigenvalue weighted by Crippen LogP contribution is 2.27. The molecule has 0 fully saturated rings. The minimum absolute atomic E-state index is 0.663. The molecule has 65 valence electrons. The first-order valence-electron chi connectivity index (χ1n) is 3.79. The van der Waals surface area contributed by atoms with Gasteiger partial charge in [0.25, 0.3) is 0 Å². The largest absolute Gasteiger partial charge is 0.495 e. The van der Waals surface area contributed by atoms with Crippen LogP contribution in [0.5, 0.6) is 5.75 Å². The van der Waals surface area contributed by atoms with E-state index < -0.39 is 0 Å². The summed E-state index contributed by atoms with van der Waals surface area (Å²) >= 11 is 5.94. The van der Waals surface area contributed by atoms with E-state index in [1.165, 1.54) is 5.92 Å². The normalized spacial score (nSPS) is 10.4. The van der Waals surface area contributed by atoms with Gasteiger partial charge >= 0.3 is 0 Å². The third-order valence-corrected chi connectivity index (χ3v) is 2.02. The van der Waals surface area contributed by atoms with E-state index in [-0.39, 0.29) is 0 Å². The molecule has 2 heteroatoms. The van der Waals surface area contributed by atoms with Crippen molar-refractivity contribution in [1.82, 2.24) is 0 Å². The van der Waals surface area contributed by atoms with Crippen LogP contribution in [0.2, 0.25) is 5.02 Å². The highest BCUT2D eigenvalue weighted by Gasteiger charge is 2.04. The molecule has 0 aliphatic carbocycles. The Morgan fingerprint density at radius 2 is 2.00 bits per heavy atom. The lowest BCUT2D eigenvalue weighted by Gasteiger charge is -2.07. The van der Waals surface area contributed by atoms with E-state index in [0.29, 0.717) is 5.02 Å². The Morgan fingerprint density at radius 3 is 2.42 bits per heavy atom. The van der Waals surface area contributed by atoms with E-state index in [1.807, 2.05) is 18.2 Å². The molecule has 0 saturated carbocycles. The second kappa shape index (κ2) is 3.81. The maximum Gasteiger partial charge on any atom is 0.137 e. The first-order valence-corrected chi connectivity index (χ1v) is 4.17. The molecule has 0 heterocycles. The van der Waals surface area contributed by atoms with Crippen LogP contribution in [0.1, 0.15) is 19.4 Å². The average Bonchev–Trinajstić information content (AvgIpc) is 2.04. The van der Waals surface area contributed by atoms with Crippen molar-refractivity contribution in [2.45, 2.75) is 13.8 Å². The Morgan fingerprint density at radius 1 is 1.33 bits per heavy atom. The molecule has 0 bridgehead atoms. The van der Waals surface area contributed by atoms with Crippen LogP contribution in [0.3, 0.4) is 0 Å². The SMILES string of the molecule is COc1ccc([C](C)C)cc1Cl. The number of ether oxygens (including phenoxy) is 1. The molecule has 0 saturated heterocycles. The van der Waals surface area contributed by atoms with Gasteiger partial charge in [-0.05, 0) is 23.6 Å². The third kappa shape index (κ3) is 1.92. The fourth-order valence-corrected chi connectivity index (χ4v) is 1.24. The van der Waals surface area contributed by atoms with E-state index >= 15 is 0 Å². The maximum atomic E-state index is 5.94. The smallest absolute Gasteiger partial charge is 0.137 e. The number of halogens is 1. The van der Waals surface area contributed by atoms with Crippen LogP contribution in [0.4, 0.5) is 0 Å². The summed E-state index contributed by atoms with van der Waals surface area (Å²) in [5.74, 6) is 1.97. The van der Waals surface area contributed by atoms with Crippen molar-refractivity contribution in [2.24, 2.45) is 0 Å². The van der Waals surface area contributed by atoms with Crippen LogP contribution in [0, 0.1) is 5.92 Å². The van der Waals surface area contributed by atoms with Crippen LogP contribution < -0.4 is 4.74 Å². The first-order chi connectivity index (χ1) is 5.65. The van der Waals surface area contributed by atoms with E-state index in [4.69, 9.17) is 16.3 Å². The van der Waals surface area contributed by atoms with Gasteiger partial charge in [0.15, 0.2) is 0 Å². The van der Waals surface area contributed by atoms with Crippen LogP contribution in [-0.2, 0) is 0 Å². The van der Waals surface area contributed by atoms with E-state index in [2.05, 4.69) is 13.8 Å². The Kier molecular flexibility index (Phi) is 2.99. The summed E-state index contributed by atoms with van der Waals surface area (Å²) in [5.41, 5.74) is 1.15. The van der Waals surface area contributed by atoms with E-state index in [1.54, 1.807) is 7.11 Å². The summed E-state index contributed by atoms with van der Waals surface area (Å²) in [6.07, 6.45) is 0. The Balaban J connectivity index is 3.02. The molecular formula is C10H12ClO. The molecule has 12 heavy (non-hydrogen) atoms. The molecule has 0 N–H and O–H groups in total. The average molecular weight is 184 g/mol. The van der Waals surface area contributed by atoms with Gasteiger partial charge in [-0.15, -0.1) is 0 Å². The van der Waals surface area contributed by atoms with Crippen molar-refractivity contribution in [3.8, 4) is 5.75 Å². The monoisotopic (exact) mass is 183 g/mol. The second-order valence-electron chi connectivity index (χ2n) is 2.85. The minimum atomic E-state index is 0.663. The molecule has 0 unspecified atom stereocenters. The number of hydrogen-bond donors (Lipinski definition) is 0. The van der Waals surface area contributed by atoms with Crippen LogP contribution in [-0.4, -0.2) is 7.11 Å². The van der Waals surface area contributed by atoms with Crippen LogP contribution in [0.15, 0.2) is 18.2 Å². The standard InChI is InChI=1S/C10H12ClO/c1-7(2)8-4-5-10(12-3)9(11)6-8/h4-6H,1-3H3. The quantitative estimate of drug-likeness (QED) is 0.684. The Labute approximate surface area is 78.3 Å². The van der Waals surface area contributed by atoms with Gasteiger partial charge in [-0.25, -0.2) is 0 Å². The molecule has 0 aromatic heterocycles. The fourth-order valence-electron chi connectivity index (χ4n) is 0.977. The zero-order valence-electron chi connectivity index (χ0n) is 7.52. The van der Waals surface area contributed by atoms with Crippen LogP contribution in [0.25, 0.3) is 0 Å². The molecule has 1 aromatic carbocycles. The van der Waals surface area contributed by atoms with Gasteiger partial charge in [0.1, 0.15) is 5.75 Å². The zero-order chi connectivity index (χ0) is 9.14. The summed E-state index contributed by atoms with van der Waals surface area (Å²) in [7, 11) is 1.61. The lowest BCUT2D eigenvalue weighted by atomic mass is 10.0. The lowest BCUT2D eigenvalue weighted by molar-refractivity contribution is 0.415. The van der Waals surface area contributed by atoms with Crippen molar-refractivity contribution < 1.29 is 4.74 Å². The van der Waals surface area contributed by atoms with Gasteiger partial charge in [-0.2, -0.15) is 0 Å². The summed E-state index contributed by atoms with van der Waals surface area (Å²) < 4.78 is 5.04. The Bertz CT molecular complexity index is 269. The first kappa shape index (κ1) is 9.40. The number of hydrogen-bond acceptors (Lipinski definition) is 1. The predicted octanol–water partition coefficient (Wildman–Crippen LogP) is 3.31. The number of rotatable bonds is 2. The van der Waals surface area contributed by atoms with E-state index in [9.17, 15) is 0 Å². The number of methoxy groups -OCH3 is 1. The second-order valence-corrected chi connectivity index (χ2v) is 3.26. The summed E-state index contributed by atoms with van der Waals surface area (Å²) in [6.45, 7) is 4.11. The molecular weight excluding hydrogens is 172 g/mol. The van der Waals surface area contributed by atoms with Crippen molar-refractivity contribution in [1.29, 1.82) is 0 Å². The summed E-state index contributed by atoms with van der Waals surface area (Å²) in [6, 6.07) is 5.79. The molecule has 1 radical (unpaired) electrons. The highest BCUT2D eigenvalue weighted by atomic mass is 35.5. The zero-order valence-corrected chi connectivity index (χ0v) is 8.27. The molecule has 0 aliphatic rings. The number of benzene rings is 1. The fraction of sp³-hybridized carbons (Fsp3) is 0.300. The lowest BCUT2D eigenvalue weighted by Crippen LogP contribution is -1.90. The summed E-state index contributed by atoms with van der Waals surface area (Å²) in [4.78, 5) is 0. The van der Waals surface area contributed by atoms with Crippen molar-refractivity contribution in [3.63, 3.8) is 0 Å². The predicted molar refractivity (Wildman–Crippen MR) is 51.7 cm³/mol. The molecule has 0 amide bonds. The molecule has 1 rings (SSSR count). The van der Waals surface area contributed by atoms with E-state index in [0.717, 1.165) is 11.3 Å². The van der Waals surface area contributed by atoms with Gasteiger partial charge < -0.3 is 4.74 Å². The maximum absolute atomic E-state index is 5.94. The molecule has 1 nitrogen and oxygen atoms in total. The highest BCUT2D eigenvalue weighted by molar-refractivity contribution is 6.32. The van der Waals surface area contributed by atoms with Gasteiger partial charge in [-0.3, -0.25) is 0 Å². The van der Waals surface area contributed by atoms with Crippen molar-refractivity contribution in [2.75, 3.05) is 7.11 Å².